The number of nitrogens with zero attached hydrogens (tertiary/aromatic N) is 3. The molecular weight excluding hydrogens is 200 g/mol. The number of hydrogen-bond donors (Lipinski definition) is 1. The van der Waals surface area contributed by atoms with Gasteiger partial charge in [-0.25, -0.2) is 0 Å². The molecule has 0 saturated carbocycles. The van der Waals surface area contributed by atoms with Crippen LogP contribution in [0.25, 0.3) is 0 Å². The van der Waals surface area contributed by atoms with E-state index in [1.54, 1.807) is 0 Å². The Hall–Kier alpha value is -0.870. The first kappa shape index (κ1) is 13.2. The lowest BCUT2D eigenvalue weighted by molar-refractivity contribution is 0.394. The number of hydrogen-bond acceptors (Lipinski definition) is 3. The highest BCUT2D eigenvalue weighted by Gasteiger charge is 2.07. The highest BCUT2D eigenvalue weighted by Crippen LogP contribution is 2.10. The summed E-state index contributed by atoms with van der Waals surface area (Å²) in [4.78, 5) is 2.21. The van der Waals surface area contributed by atoms with Crippen molar-refractivity contribution in [2.24, 2.45) is 7.05 Å². The van der Waals surface area contributed by atoms with Gasteiger partial charge in [0.2, 0.25) is 0 Å². The van der Waals surface area contributed by atoms with Crippen LogP contribution in [0, 0.1) is 13.8 Å². The molecule has 0 aromatic carbocycles. The molecule has 4 heteroatoms. The quantitative estimate of drug-likeness (QED) is 0.734. The maximum absolute atomic E-state index is 4.41. The molecule has 0 atom stereocenters. The molecule has 0 saturated heterocycles. The van der Waals surface area contributed by atoms with Crippen LogP contribution in [-0.2, 0) is 13.6 Å². The minimum atomic E-state index is 0.929. The van der Waals surface area contributed by atoms with Crippen molar-refractivity contribution >= 4 is 0 Å². The molecule has 0 aliphatic carbocycles. The van der Waals surface area contributed by atoms with Crippen molar-refractivity contribution in [3.63, 3.8) is 0 Å². The van der Waals surface area contributed by atoms with Crippen molar-refractivity contribution in [3.05, 3.63) is 17.0 Å². The molecule has 1 N–H and O–H groups in total. The van der Waals surface area contributed by atoms with Gasteiger partial charge >= 0.3 is 0 Å². The molecule has 0 unspecified atom stereocenters. The molecule has 1 aromatic rings. The molecular formula is C12H24N4. The lowest BCUT2D eigenvalue weighted by Crippen LogP contribution is -2.21. The standard InChI is InChI=1S/C12H24N4/c1-10-12(11(2)16(5)14-10)9-13-7-6-8-15(3)4/h13H,6-9H2,1-5H3. The Morgan fingerprint density at radius 3 is 2.50 bits per heavy atom. The van der Waals surface area contributed by atoms with E-state index in [0.717, 1.165) is 25.3 Å². The zero-order chi connectivity index (χ0) is 12.1. The van der Waals surface area contributed by atoms with Gasteiger partial charge in [-0.3, -0.25) is 4.68 Å². The largest absolute Gasteiger partial charge is 0.312 e. The molecule has 0 bridgehead atoms. The van der Waals surface area contributed by atoms with Crippen molar-refractivity contribution in [2.75, 3.05) is 27.2 Å². The van der Waals surface area contributed by atoms with E-state index in [4.69, 9.17) is 0 Å². The van der Waals surface area contributed by atoms with Gasteiger partial charge in [0.05, 0.1) is 5.69 Å². The summed E-state index contributed by atoms with van der Waals surface area (Å²) in [6.45, 7) is 7.32. The molecule has 0 radical (unpaired) electrons. The molecule has 92 valence electrons. The Morgan fingerprint density at radius 1 is 1.31 bits per heavy atom. The Kier molecular flexibility index (Phi) is 4.96. The van der Waals surface area contributed by atoms with Gasteiger partial charge in [-0.05, 0) is 47.5 Å². The molecule has 1 aromatic heterocycles. The molecule has 0 aliphatic rings. The predicted molar refractivity (Wildman–Crippen MR) is 67.6 cm³/mol. The van der Waals surface area contributed by atoms with E-state index in [9.17, 15) is 0 Å². The summed E-state index contributed by atoms with van der Waals surface area (Å²) in [7, 11) is 6.21. The van der Waals surface area contributed by atoms with E-state index in [0.29, 0.717) is 0 Å². The molecule has 1 heterocycles. The van der Waals surface area contributed by atoms with Gasteiger partial charge in [-0.2, -0.15) is 5.10 Å². The van der Waals surface area contributed by atoms with E-state index in [2.05, 4.69) is 43.3 Å². The zero-order valence-electron chi connectivity index (χ0n) is 11.2. The molecule has 4 nitrogen and oxygen atoms in total. The fourth-order valence-corrected chi connectivity index (χ4v) is 1.81. The third-order valence-electron chi connectivity index (χ3n) is 2.92. The first-order valence-corrected chi connectivity index (χ1v) is 5.87. The van der Waals surface area contributed by atoms with Crippen molar-refractivity contribution < 1.29 is 0 Å². The molecule has 1 rings (SSSR count). The maximum Gasteiger partial charge on any atom is 0.0641 e. The Bertz CT molecular complexity index is 328. The summed E-state index contributed by atoms with van der Waals surface area (Å²) in [6.07, 6.45) is 1.19. The molecule has 0 spiro atoms. The minimum absolute atomic E-state index is 0.929. The third-order valence-corrected chi connectivity index (χ3v) is 2.92. The Morgan fingerprint density at radius 2 is 2.00 bits per heavy atom. The van der Waals surface area contributed by atoms with Crippen LogP contribution in [0.2, 0.25) is 0 Å². The molecule has 0 fully saturated rings. The van der Waals surface area contributed by atoms with Gasteiger partial charge in [0.15, 0.2) is 0 Å². The average molecular weight is 224 g/mol. The molecule has 16 heavy (non-hydrogen) atoms. The summed E-state index contributed by atoms with van der Waals surface area (Å²) in [5.41, 5.74) is 3.74. The average Bonchev–Trinajstić information content (AvgIpc) is 2.43. The monoisotopic (exact) mass is 224 g/mol. The lowest BCUT2D eigenvalue weighted by Gasteiger charge is -2.09. The second kappa shape index (κ2) is 6.01. The van der Waals surface area contributed by atoms with Gasteiger partial charge in [-0.15, -0.1) is 0 Å². The summed E-state index contributed by atoms with van der Waals surface area (Å²) >= 11 is 0. The van der Waals surface area contributed by atoms with Crippen molar-refractivity contribution in [1.29, 1.82) is 0 Å². The Labute approximate surface area is 98.6 Å². The van der Waals surface area contributed by atoms with E-state index >= 15 is 0 Å². The van der Waals surface area contributed by atoms with E-state index in [1.807, 2.05) is 11.7 Å². The number of nitrogens with one attached hydrogen (secondary N) is 1. The number of rotatable bonds is 6. The highest BCUT2D eigenvalue weighted by molar-refractivity contribution is 5.23. The van der Waals surface area contributed by atoms with Crippen LogP contribution in [-0.4, -0.2) is 41.9 Å². The molecule has 0 aliphatic heterocycles. The second-order valence-corrected chi connectivity index (χ2v) is 4.61. The van der Waals surface area contributed by atoms with Gasteiger partial charge in [-0.1, -0.05) is 0 Å². The zero-order valence-corrected chi connectivity index (χ0v) is 11.2. The maximum atomic E-state index is 4.41. The van der Waals surface area contributed by atoms with Gasteiger partial charge in [0.25, 0.3) is 0 Å². The molecule has 0 amide bonds. The van der Waals surface area contributed by atoms with E-state index in [1.165, 1.54) is 17.7 Å². The van der Waals surface area contributed by atoms with Crippen LogP contribution >= 0.6 is 0 Å². The van der Waals surface area contributed by atoms with Crippen LogP contribution in [0.1, 0.15) is 23.4 Å². The van der Waals surface area contributed by atoms with Crippen molar-refractivity contribution in [3.8, 4) is 0 Å². The SMILES string of the molecule is Cc1nn(C)c(C)c1CNCCCN(C)C. The van der Waals surface area contributed by atoms with Gasteiger partial charge < -0.3 is 10.2 Å². The summed E-state index contributed by atoms with van der Waals surface area (Å²) in [5.74, 6) is 0. The Balaban J connectivity index is 2.32. The summed E-state index contributed by atoms with van der Waals surface area (Å²) in [6, 6.07) is 0. The minimum Gasteiger partial charge on any atom is -0.312 e. The number of aromatic nitrogens is 2. The van der Waals surface area contributed by atoms with E-state index < -0.39 is 0 Å². The fraction of sp³-hybridized carbons (Fsp3) is 0.750. The van der Waals surface area contributed by atoms with Crippen LogP contribution in [0.4, 0.5) is 0 Å². The topological polar surface area (TPSA) is 33.1 Å². The van der Waals surface area contributed by atoms with Crippen LogP contribution in [0.3, 0.4) is 0 Å². The van der Waals surface area contributed by atoms with Crippen molar-refractivity contribution in [1.82, 2.24) is 20.0 Å². The normalized spacial score (nSPS) is 11.4. The number of aryl methyl sites for hydroxylation is 2. The first-order chi connectivity index (χ1) is 7.52. The van der Waals surface area contributed by atoms with Crippen LogP contribution in [0.5, 0.6) is 0 Å². The first-order valence-electron chi connectivity index (χ1n) is 5.87. The fourth-order valence-electron chi connectivity index (χ4n) is 1.81. The van der Waals surface area contributed by atoms with Gasteiger partial charge in [0.1, 0.15) is 0 Å². The van der Waals surface area contributed by atoms with Crippen LogP contribution in [0.15, 0.2) is 0 Å². The second-order valence-electron chi connectivity index (χ2n) is 4.61. The smallest absolute Gasteiger partial charge is 0.0641 e. The lowest BCUT2D eigenvalue weighted by atomic mass is 10.2. The predicted octanol–water partition coefficient (Wildman–Crippen LogP) is 1.08. The summed E-state index contributed by atoms with van der Waals surface area (Å²) < 4.78 is 1.95. The van der Waals surface area contributed by atoms with Crippen LogP contribution < -0.4 is 5.32 Å². The van der Waals surface area contributed by atoms with Gasteiger partial charge in [0, 0.05) is 24.8 Å². The summed E-state index contributed by atoms with van der Waals surface area (Å²) in [5, 5.41) is 7.88. The third kappa shape index (κ3) is 3.61. The highest BCUT2D eigenvalue weighted by atomic mass is 15.3. The van der Waals surface area contributed by atoms with Crippen molar-refractivity contribution in [2.45, 2.75) is 26.8 Å². The van der Waals surface area contributed by atoms with E-state index in [-0.39, 0.29) is 0 Å².